The van der Waals surface area contributed by atoms with Crippen LogP contribution < -0.4 is 14.8 Å². The maximum Gasteiger partial charge on any atom is 0.262 e. The average Bonchev–Trinajstić information content (AvgIpc) is 2.69. The van der Waals surface area contributed by atoms with Crippen LogP contribution >= 0.6 is 0 Å². The van der Waals surface area contributed by atoms with E-state index < -0.39 is 0 Å². The Balaban J connectivity index is 1.52. The van der Waals surface area contributed by atoms with Gasteiger partial charge < -0.3 is 19.7 Å². The first-order valence-electron chi connectivity index (χ1n) is 9.46. The number of carbonyl (C=O) groups is 1. The van der Waals surface area contributed by atoms with Gasteiger partial charge in [0.2, 0.25) is 5.88 Å². The predicted octanol–water partition coefficient (Wildman–Crippen LogP) is 3.13. The second-order valence-corrected chi connectivity index (χ2v) is 6.80. The average molecular weight is 369 g/mol. The fourth-order valence-corrected chi connectivity index (χ4v) is 3.10. The molecule has 6 nitrogen and oxygen atoms in total. The Labute approximate surface area is 160 Å². The number of pyridine rings is 1. The number of hydrogen-bond donors (Lipinski definition) is 1. The van der Waals surface area contributed by atoms with Crippen molar-refractivity contribution in [2.24, 2.45) is 0 Å². The molecule has 1 aromatic carbocycles. The molecule has 2 aromatic rings. The molecule has 144 valence electrons. The molecule has 0 spiro atoms. The van der Waals surface area contributed by atoms with Gasteiger partial charge in [-0.25, -0.2) is 4.98 Å². The van der Waals surface area contributed by atoms with E-state index in [0.717, 1.165) is 43.7 Å². The third-order valence-corrected chi connectivity index (χ3v) is 4.68. The molecule has 1 amide bonds. The molecule has 1 aliphatic rings. The molecular formula is C21H27N3O3. The smallest absolute Gasteiger partial charge is 0.262 e. The second-order valence-electron chi connectivity index (χ2n) is 6.80. The van der Waals surface area contributed by atoms with Crippen LogP contribution in [0.3, 0.4) is 0 Å². The minimum Gasteiger partial charge on any atom is -0.483 e. The van der Waals surface area contributed by atoms with E-state index in [1.807, 2.05) is 24.3 Å². The highest BCUT2D eigenvalue weighted by Gasteiger charge is 2.18. The standard InChI is InChI=1S/C21H27N3O3/c1-3-16-6-4-5-7-19(16)26-15-20(25)23-17-8-11-22-21(14-17)27-18-9-12-24(2)13-10-18/h4-8,11,14,18H,3,9-10,12-13,15H2,1-2H3,(H,22,23,25). The maximum absolute atomic E-state index is 12.2. The highest BCUT2D eigenvalue weighted by molar-refractivity contribution is 5.91. The minimum atomic E-state index is -0.211. The number of hydrogen-bond acceptors (Lipinski definition) is 5. The Kier molecular flexibility index (Phi) is 6.65. The summed E-state index contributed by atoms with van der Waals surface area (Å²) < 4.78 is 11.6. The normalized spacial score (nSPS) is 15.3. The first kappa shape index (κ1) is 19.2. The topological polar surface area (TPSA) is 63.7 Å². The van der Waals surface area contributed by atoms with Crippen LogP contribution in [-0.4, -0.2) is 48.6 Å². The molecule has 0 saturated carbocycles. The number of aromatic nitrogens is 1. The summed E-state index contributed by atoms with van der Waals surface area (Å²) in [5.74, 6) is 1.08. The molecule has 1 fully saturated rings. The second kappa shape index (κ2) is 9.37. The van der Waals surface area contributed by atoms with Crippen molar-refractivity contribution in [3.05, 3.63) is 48.2 Å². The van der Waals surface area contributed by atoms with Gasteiger partial charge >= 0.3 is 0 Å². The number of carbonyl (C=O) groups excluding carboxylic acids is 1. The third kappa shape index (κ3) is 5.69. The maximum atomic E-state index is 12.2. The van der Waals surface area contributed by atoms with Crippen molar-refractivity contribution in [3.63, 3.8) is 0 Å². The number of rotatable bonds is 7. The number of nitrogens with zero attached hydrogens (tertiary/aromatic N) is 2. The van der Waals surface area contributed by atoms with Gasteiger partial charge in [0, 0.05) is 31.0 Å². The predicted molar refractivity (Wildman–Crippen MR) is 105 cm³/mol. The van der Waals surface area contributed by atoms with Gasteiger partial charge in [-0.05, 0) is 44.0 Å². The van der Waals surface area contributed by atoms with Crippen LogP contribution in [0.1, 0.15) is 25.3 Å². The lowest BCUT2D eigenvalue weighted by molar-refractivity contribution is -0.118. The summed E-state index contributed by atoms with van der Waals surface area (Å²) in [6.45, 7) is 4.07. The van der Waals surface area contributed by atoms with Gasteiger partial charge in [0.15, 0.2) is 6.61 Å². The number of likely N-dealkylation sites (tertiary alicyclic amines) is 1. The van der Waals surface area contributed by atoms with Crippen molar-refractivity contribution in [1.82, 2.24) is 9.88 Å². The number of aryl methyl sites for hydroxylation is 1. The number of benzene rings is 1. The third-order valence-electron chi connectivity index (χ3n) is 4.68. The lowest BCUT2D eigenvalue weighted by Crippen LogP contribution is -2.35. The lowest BCUT2D eigenvalue weighted by Gasteiger charge is -2.28. The Hall–Kier alpha value is -2.60. The van der Waals surface area contributed by atoms with Gasteiger partial charge in [-0.3, -0.25) is 4.79 Å². The Bertz CT molecular complexity index is 758. The van der Waals surface area contributed by atoms with Crippen LogP contribution in [0.4, 0.5) is 5.69 Å². The van der Waals surface area contributed by atoms with E-state index in [9.17, 15) is 4.79 Å². The first-order chi connectivity index (χ1) is 13.1. The van der Waals surface area contributed by atoms with E-state index in [4.69, 9.17) is 9.47 Å². The minimum absolute atomic E-state index is 0.0372. The van der Waals surface area contributed by atoms with Gasteiger partial charge in [-0.2, -0.15) is 0 Å². The number of nitrogens with one attached hydrogen (secondary N) is 1. The van der Waals surface area contributed by atoms with E-state index in [1.54, 1.807) is 18.3 Å². The Morgan fingerprint density at radius 1 is 1.26 bits per heavy atom. The molecule has 1 N–H and O–H groups in total. The van der Waals surface area contributed by atoms with Gasteiger partial charge in [0.1, 0.15) is 11.9 Å². The van der Waals surface area contributed by atoms with Gasteiger partial charge in [-0.15, -0.1) is 0 Å². The molecule has 1 aromatic heterocycles. The van der Waals surface area contributed by atoms with Crippen LogP contribution in [0.2, 0.25) is 0 Å². The summed E-state index contributed by atoms with van der Waals surface area (Å²) in [5, 5.41) is 2.84. The van der Waals surface area contributed by atoms with Gasteiger partial charge in [0.25, 0.3) is 5.91 Å². The summed E-state index contributed by atoms with van der Waals surface area (Å²) in [6, 6.07) is 11.3. The Morgan fingerprint density at radius 2 is 2.04 bits per heavy atom. The number of anilines is 1. The van der Waals surface area contributed by atoms with Crippen molar-refractivity contribution in [2.45, 2.75) is 32.3 Å². The summed E-state index contributed by atoms with van der Waals surface area (Å²) in [4.78, 5) is 18.8. The van der Waals surface area contributed by atoms with Crippen molar-refractivity contribution in [1.29, 1.82) is 0 Å². The molecule has 0 radical (unpaired) electrons. The summed E-state index contributed by atoms with van der Waals surface area (Å²) in [5.41, 5.74) is 1.74. The van der Waals surface area contributed by atoms with Crippen molar-refractivity contribution in [2.75, 3.05) is 32.1 Å². The molecule has 3 rings (SSSR count). The molecule has 2 heterocycles. The molecule has 0 bridgehead atoms. The highest BCUT2D eigenvalue weighted by atomic mass is 16.5. The number of amides is 1. The van der Waals surface area contributed by atoms with Gasteiger partial charge in [0.05, 0.1) is 0 Å². The number of piperidine rings is 1. The van der Waals surface area contributed by atoms with Crippen LogP contribution in [0.5, 0.6) is 11.6 Å². The Morgan fingerprint density at radius 3 is 2.81 bits per heavy atom. The van der Waals surface area contributed by atoms with Crippen molar-refractivity contribution < 1.29 is 14.3 Å². The van der Waals surface area contributed by atoms with Gasteiger partial charge in [-0.1, -0.05) is 25.1 Å². The monoisotopic (exact) mass is 369 g/mol. The fraction of sp³-hybridized carbons (Fsp3) is 0.429. The molecule has 0 aliphatic carbocycles. The van der Waals surface area contributed by atoms with E-state index in [2.05, 4.69) is 29.2 Å². The molecule has 1 saturated heterocycles. The van der Waals surface area contributed by atoms with Crippen LogP contribution in [-0.2, 0) is 11.2 Å². The van der Waals surface area contributed by atoms with Crippen LogP contribution in [0.15, 0.2) is 42.6 Å². The summed E-state index contributed by atoms with van der Waals surface area (Å²) >= 11 is 0. The molecule has 6 heteroatoms. The van der Waals surface area contributed by atoms with E-state index >= 15 is 0 Å². The zero-order chi connectivity index (χ0) is 19.1. The lowest BCUT2D eigenvalue weighted by atomic mass is 10.1. The quantitative estimate of drug-likeness (QED) is 0.812. The van der Waals surface area contributed by atoms with Crippen LogP contribution in [0, 0.1) is 0 Å². The van der Waals surface area contributed by atoms with Crippen molar-refractivity contribution in [3.8, 4) is 11.6 Å². The molecular weight excluding hydrogens is 342 g/mol. The summed E-state index contributed by atoms with van der Waals surface area (Å²) in [6.07, 6.45) is 4.65. The number of para-hydroxylation sites is 1. The fourth-order valence-electron chi connectivity index (χ4n) is 3.10. The molecule has 27 heavy (non-hydrogen) atoms. The van der Waals surface area contributed by atoms with E-state index in [-0.39, 0.29) is 18.6 Å². The van der Waals surface area contributed by atoms with Crippen molar-refractivity contribution >= 4 is 11.6 Å². The van der Waals surface area contributed by atoms with E-state index in [0.29, 0.717) is 11.6 Å². The largest absolute Gasteiger partial charge is 0.483 e. The van der Waals surface area contributed by atoms with Crippen LogP contribution in [0.25, 0.3) is 0 Å². The zero-order valence-electron chi connectivity index (χ0n) is 16.0. The SMILES string of the molecule is CCc1ccccc1OCC(=O)Nc1ccnc(OC2CCN(C)CC2)c1. The highest BCUT2D eigenvalue weighted by Crippen LogP contribution is 2.20. The summed E-state index contributed by atoms with van der Waals surface area (Å²) in [7, 11) is 2.12. The van der Waals surface area contributed by atoms with E-state index in [1.165, 1.54) is 0 Å². The number of ether oxygens (including phenoxy) is 2. The zero-order valence-corrected chi connectivity index (χ0v) is 16.0. The molecule has 0 atom stereocenters. The molecule has 0 unspecified atom stereocenters. The first-order valence-corrected chi connectivity index (χ1v) is 9.46. The molecule has 1 aliphatic heterocycles.